The number of carbonyl (C=O) groups is 1. The van der Waals surface area contributed by atoms with Crippen molar-refractivity contribution < 1.29 is 31.3 Å². The molecule has 5 nitrogen and oxygen atoms in total. The summed E-state index contributed by atoms with van der Waals surface area (Å²) in [5, 5.41) is 8.87. The van der Waals surface area contributed by atoms with Crippen LogP contribution in [0.5, 0.6) is 11.5 Å². The molecule has 1 N–H and O–H groups in total. The number of Topliss-reactive ketones (excluding diaryl/α,β-unsaturated/α-hetero) is 1. The van der Waals surface area contributed by atoms with Gasteiger partial charge in [-0.05, 0) is 30.7 Å². The second-order valence-electron chi connectivity index (χ2n) is 5.73. The van der Waals surface area contributed by atoms with E-state index in [9.17, 15) is 26.6 Å². The number of benzene rings is 2. The van der Waals surface area contributed by atoms with Crippen LogP contribution >= 0.6 is 0 Å². The third-order valence-corrected chi connectivity index (χ3v) is 5.59. The number of hydrogen-bond donors (Lipinski definition) is 1. The van der Waals surface area contributed by atoms with E-state index in [4.69, 9.17) is 14.8 Å². The van der Waals surface area contributed by atoms with Gasteiger partial charge in [0.1, 0.15) is 17.3 Å². The van der Waals surface area contributed by atoms with Crippen LogP contribution in [0.4, 0.5) is 17.6 Å². The Balaban J connectivity index is 2.13. The van der Waals surface area contributed by atoms with Gasteiger partial charge in [-0.15, -0.1) is 0 Å². The standard InChI is InChI=1S/C17H10F4N2O3S/c18-10-5-9(8-22)6-11(7-10)26-14-3-4-15(27(23,25)17(19,20)21)16-12(14)1-2-13(16)24/h3-7,23H,1-2H2. The molecular formula is C17H10F4N2O3S. The van der Waals surface area contributed by atoms with Gasteiger partial charge < -0.3 is 4.74 Å². The summed E-state index contributed by atoms with van der Waals surface area (Å²) in [6, 6.07) is 6.74. The number of alkyl halides is 3. The van der Waals surface area contributed by atoms with Gasteiger partial charge in [-0.2, -0.15) is 18.4 Å². The van der Waals surface area contributed by atoms with Gasteiger partial charge in [0, 0.05) is 23.6 Å². The molecule has 140 valence electrons. The number of carbonyl (C=O) groups excluding carboxylic acids is 1. The molecular weight excluding hydrogens is 388 g/mol. The first-order valence-electron chi connectivity index (χ1n) is 7.47. The molecule has 0 amide bonds. The maximum absolute atomic E-state index is 13.5. The molecule has 1 unspecified atom stereocenters. The molecule has 2 aromatic carbocycles. The van der Waals surface area contributed by atoms with Crippen LogP contribution in [0.2, 0.25) is 0 Å². The maximum Gasteiger partial charge on any atom is 0.483 e. The molecule has 10 heteroatoms. The number of rotatable bonds is 3. The molecule has 1 aliphatic carbocycles. The van der Waals surface area contributed by atoms with Crippen molar-refractivity contribution in [1.82, 2.24) is 0 Å². The smallest absolute Gasteiger partial charge is 0.457 e. The number of ether oxygens (including phenoxy) is 1. The first-order valence-corrected chi connectivity index (χ1v) is 9.03. The molecule has 0 spiro atoms. The number of halogens is 4. The highest BCUT2D eigenvalue weighted by atomic mass is 32.2. The molecule has 0 heterocycles. The molecule has 0 saturated carbocycles. The number of nitrogens with zero attached hydrogens (tertiary/aromatic N) is 1. The number of ketones is 1. The molecule has 27 heavy (non-hydrogen) atoms. The minimum Gasteiger partial charge on any atom is -0.457 e. The summed E-state index contributed by atoms with van der Waals surface area (Å²) in [6.45, 7) is 0. The van der Waals surface area contributed by atoms with Crippen molar-refractivity contribution in [3.63, 3.8) is 0 Å². The second kappa shape index (κ2) is 6.35. The Hall–Kier alpha value is -2.93. The summed E-state index contributed by atoms with van der Waals surface area (Å²) in [5.74, 6) is -1.53. The topological polar surface area (TPSA) is 91.0 Å². The maximum atomic E-state index is 13.5. The molecule has 1 atom stereocenters. The average molecular weight is 398 g/mol. The summed E-state index contributed by atoms with van der Waals surface area (Å²) in [7, 11) is -5.22. The quantitative estimate of drug-likeness (QED) is 0.769. The molecule has 3 rings (SSSR count). The van der Waals surface area contributed by atoms with E-state index in [-0.39, 0.29) is 35.5 Å². The van der Waals surface area contributed by atoms with E-state index >= 15 is 0 Å². The lowest BCUT2D eigenvalue weighted by Crippen LogP contribution is -2.23. The van der Waals surface area contributed by atoms with Gasteiger partial charge in [0.2, 0.25) is 0 Å². The fourth-order valence-electron chi connectivity index (χ4n) is 2.80. The minimum absolute atomic E-state index is 0.0218. The summed E-state index contributed by atoms with van der Waals surface area (Å²) in [5.41, 5.74) is -5.73. The minimum atomic E-state index is -5.34. The number of hydrogen-bond acceptors (Lipinski definition) is 5. The van der Waals surface area contributed by atoms with Gasteiger partial charge in [0.25, 0.3) is 0 Å². The molecule has 0 radical (unpaired) electrons. The largest absolute Gasteiger partial charge is 0.483 e. The lowest BCUT2D eigenvalue weighted by atomic mass is 10.1. The highest BCUT2D eigenvalue weighted by Crippen LogP contribution is 2.41. The Labute approximate surface area is 151 Å². The van der Waals surface area contributed by atoms with Crippen molar-refractivity contribution in [2.45, 2.75) is 23.2 Å². The van der Waals surface area contributed by atoms with Crippen molar-refractivity contribution in [2.75, 3.05) is 0 Å². The molecule has 0 fully saturated rings. The normalized spacial score (nSPS) is 15.7. The fraction of sp³-hybridized carbons (Fsp3) is 0.176. The number of nitriles is 1. The van der Waals surface area contributed by atoms with Crippen LogP contribution < -0.4 is 4.74 Å². The highest BCUT2D eigenvalue weighted by Gasteiger charge is 2.46. The van der Waals surface area contributed by atoms with Gasteiger partial charge >= 0.3 is 5.51 Å². The van der Waals surface area contributed by atoms with Crippen molar-refractivity contribution in [1.29, 1.82) is 10.0 Å². The zero-order valence-electron chi connectivity index (χ0n) is 13.4. The van der Waals surface area contributed by atoms with Crippen molar-refractivity contribution in [2.24, 2.45) is 0 Å². The van der Waals surface area contributed by atoms with E-state index in [1.54, 1.807) is 6.07 Å². The third kappa shape index (κ3) is 3.26. The van der Waals surface area contributed by atoms with Crippen LogP contribution in [0.3, 0.4) is 0 Å². The predicted octanol–water partition coefficient (Wildman–Crippen LogP) is 4.54. The molecule has 1 aliphatic rings. The Bertz CT molecular complexity index is 1100. The third-order valence-electron chi connectivity index (χ3n) is 3.98. The van der Waals surface area contributed by atoms with Crippen LogP contribution in [-0.4, -0.2) is 15.5 Å². The first-order chi connectivity index (χ1) is 12.5. The van der Waals surface area contributed by atoms with Gasteiger partial charge in [0.05, 0.1) is 16.5 Å². The zero-order valence-corrected chi connectivity index (χ0v) is 14.2. The number of fused-ring (bicyclic) bond motifs is 1. The summed E-state index contributed by atoms with van der Waals surface area (Å²) in [6.07, 6.45) is -0.0895. The lowest BCUT2D eigenvalue weighted by Gasteiger charge is -2.16. The molecule has 0 saturated heterocycles. The van der Waals surface area contributed by atoms with Crippen LogP contribution in [0.25, 0.3) is 0 Å². The number of nitrogens with one attached hydrogen (secondary N) is 1. The van der Waals surface area contributed by atoms with Gasteiger partial charge in [0.15, 0.2) is 15.5 Å². The predicted molar refractivity (Wildman–Crippen MR) is 85.5 cm³/mol. The lowest BCUT2D eigenvalue weighted by molar-refractivity contribution is -0.0407. The summed E-state index contributed by atoms with van der Waals surface area (Å²) in [4.78, 5) is 11.2. The van der Waals surface area contributed by atoms with Crippen LogP contribution in [-0.2, 0) is 16.1 Å². The van der Waals surface area contributed by atoms with Crippen molar-refractivity contribution in [3.05, 3.63) is 52.8 Å². The highest BCUT2D eigenvalue weighted by molar-refractivity contribution is 7.93. The van der Waals surface area contributed by atoms with E-state index in [2.05, 4.69) is 0 Å². The van der Waals surface area contributed by atoms with E-state index in [0.29, 0.717) is 0 Å². The summed E-state index contributed by atoms with van der Waals surface area (Å²) < 4.78 is 77.3. The van der Waals surface area contributed by atoms with E-state index in [1.807, 2.05) is 0 Å². The van der Waals surface area contributed by atoms with Gasteiger partial charge in [-0.3, -0.25) is 4.79 Å². The Morgan fingerprint density at radius 2 is 1.89 bits per heavy atom. The van der Waals surface area contributed by atoms with Crippen LogP contribution in [0.15, 0.2) is 35.2 Å². The van der Waals surface area contributed by atoms with E-state index in [0.717, 1.165) is 24.3 Å². The van der Waals surface area contributed by atoms with E-state index < -0.39 is 37.3 Å². The van der Waals surface area contributed by atoms with Crippen molar-refractivity contribution in [3.8, 4) is 17.6 Å². The van der Waals surface area contributed by atoms with Crippen LogP contribution in [0, 0.1) is 21.9 Å². The Kier molecular flexibility index (Phi) is 4.43. The molecule has 0 aliphatic heterocycles. The Morgan fingerprint density at radius 3 is 2.52 bits per heavy atom. The SMILES string of the molecule is N#Cc1cc(F)cc(Oc2ccc(S(=N)(=O)C(F)(F)F)c3c2CCC3=O)c1. The van der Waals surface area contributed by atoms with Crippen molar-refractivity contribution >= 4 is 15.5 Å². The summed E-state index contributed by atoms with van der Waals surface area (Å²) >= 11 is 0. The second-order valence-corrected chi connectivity index (χ2v) is 7.75. The molecule has 0 aromatic heterocycles. The van der Waals surface area contributed by atoms with E-state index in [1.165, 1.54) is 6.07 Å². The van der Waals surface area contributed by atoms with Gasteiger partial charge in [-0.25, -0.2) is 13.4 Å². The van der Waals surface area contributed by atoms with Gasteiger partial charge in [-0.1, -0.05) is 0 Å². The molecule has 0 bridgehead atoms. The fourth-order valence-corrected chi connectivity index (χ4v) is 3.83. The Morgan fingerprint density at radius 1 is 1.19 bits per heavy atom. The average Bonchev–Trinajstić information content (AvgIpc) is 2.96. The van der Waals surface area contributed by atoms with Crippen LogP contribution in [0.1, 0.15) is 27.9 Å². The monoisotopic (exact) mass is 398 g/mol. The zero-order chi connectivity index (χ0) is 20.0. The molecule has 2 aromatic rings. The first kappa shape index (κ1) is 18.8.